The third-order valence-electron chi connectivity index (χ3n) is 5.69. The highest BCUT2D eigenvalue weighted by Crippen LogP contribution is 2.20. The molecule has 12 heteroatoms. The summed E-state index contributed by atoms with van der Waals surface area (Å²) >= 11 is 0. The van der Waals surface area contributed by atoms with E-state index in [1.807, 2.05) is 24.3 Å². The fraction of sp³-hybridized carbons (Fsp3) is 0.435. The number of carbonyl (C=O) groups is 2. The smallest absolute Gasteiger partial charge is 0.409 e. The third-order valence-corrected chi connectivity index (χ3v) is 7.16. The number of piperazine rings is 1. The molecular weight excluding hydrogens is 472 g/mol. The van der Waals surface area contributed by atoms with Crippen molar-refractivity contribution in [1.29, 1.82) is 0 Å². The lowest BCUT2D eigenvalue weighted by Crippen LogP contribution is -2.55. The Labute approximate surface area is 205 Å². The largest absolute Gasteiger partial charge is 0.450 e. The number of ether oxygens (including phenoxy) is 1. The molecule has 0 saturated carbocycles. The van der Waals surface area contributed by atoms with Crippen LogP contribution < -0.4 is 16.2 Å². The van der Waals surface area contributed by atoms with Crippen molar-refractivity contribution < 1.29 is 22.7 Å². The molecule has 0 aromatic heterocycles. The number of guanidine groups is 1. The summed E-state index contributed by atoms with van der Waals surface area (Å²) in [6.07, 6.45) is 0.183. The molecule has 0 aliphatic carbocycles. The van der Waals surface area contributed by atoms with E-state index in [9.17, 15) is 18.0 Å². The molecule has 11 nitrogen and oxygen atoms in total. The lowest BCUT2D eigenvalue weighted by atomic mass is 10.1. The maximum atomic E-state index is 13.3. The SMILES string of the molecule is CCOC(=O)N1CCN(C(=O)C(CCCN=C(N)N)NS(=O)(=O)c2ccc3ccccc3c2)CC1. The van der Waals surface area contributed by atoms with Gasteiger partial charge in [-0.3, -0.25) is 9.79 Å². The Hall–Kier alpha value is -3.38. The molecule has 3 rings (SSSR count). The van der Waals surface area contributed by atoms with Crippen LogP contribution in [0.1, 0.15) is 19.8 Å². The molecule has 0 bridgehead atoms. The van der Waals surface area contributed by atoms with Crippen LogP contribution >= 0.6 is 0 Å². The van der Waals surface area contributed by atoms with E-state index >= 15 is 0 Å². The van der Waals surface area contributed by atoms with E-state index in [0.717, 1.165) is 10.8 Å². The van der Waals surface area contributed by atoms with Crippen LogP contribution in [0.3, 0.4) is 0 Å². The highest BCUT2D eigenvalue weighted by molar-refractivity contribution is 7.89. The first-order valence-electron chi connectivity index (χ1n) is 11.5. The first-order valence-corrected chi connectivity index (χ1v) is 13.0. The quantitative estimate of drug-likeness (QED) is 0.259. The Morgan fingerprint density at radius 2 is 1.71 bits per heavy atom. The number of sulfonamides is 1. The van der Waals surface area contributed by atoms with Gasteiger partial charge in [0.25, 0.3) is 0 Å². The number of amides is 2. The summed E-state index contributed by atoms with van der Waals surface area (Å²) in [5.41, 5.74) is 10.7. The van der Waals surface area contributed by atoms with Gasteiger partial charge in [0.05, 0.1) is 11.5 Å². The van der Waals surface area contributed by atoms with Gasteiger partial charge in [-0.1, -0.05) is 30.3 Å². The summed E-state index contributed by atoms with van der Waals surface area (Å²) in [6, 6.07) is 11.3. The predicted molar refractivity (Wildman–Crippen MR) is 133 cm³/mol. The van der Waals surface area contributed by atoms with Crippen molar-refractivity contribution in [3.05, 3.63) is 42.5 Å². The first-order chi connectivity index (χ1) is 16.7. The van der Waals surface area contributed by atoms with Gasteiger partial charge in [-0.25, -0.2) is 13.2 Å². The zero-order valence-electron chi connectivity index (χ0n) is 19.7. The van der Waals surface area contributed by atoms with Gasteiger partial charge in [-0.2, -0.15) is 4.72 Å². The Morgan fingerprint density at radius 3 is 2.37 bits per heavy atom. The molecule has 1 aliphatic heterocycles. The number of carbonyl (C=O) groups excluding carboxylic acids is 2. The van der Waals surface area contributed by atoms with Crippen LogP contribution in [-0.2, 0) is 19.6 Å². The van der Waals surface area contributed by atoms with E-state index in [-0.39, 0.29) is 49.4 Å². The number of hydrogen-bond acceptors (Lipinski definition) is 6. The van der Waals surface area contributed by atoms with E-state index in [2.05, 4.69) is 9.71 Å². The highest BCUT2D eigenvalue weighted by atomic mass is 32.2. The minimum absolute atomic E-state index is 0.0697. The lowest BCUT2D eigenvalue weighted by molar-refractivity contribution is -0.134. The maximum Gasteiger partial charge on any atom is 0.409 e. The molecule has 1 unspecified atom stereocenters. The molecule has 2 amide bonds. The van der Waals surface area contributed by atoms with E-state index in [4.69, 9.17) is 16.2 Å². The van der Waals surface area contributed by atoms with Gasteiger partial charge in [0.2, 0.25) is 15.9 Å². The zero-order chi connectivity index (χ0) is 25.4. The van der Waals surface area contributed by atoms with Gasteiger partial charge in [-0.05, 0) is 42.7 Å². The normalized spacial score (nSPS) is 15.0. The van der Waals surface area contributed by atoms with E-state index < -0.39 is 22.2 Å². The number of nitrogens with zero attached hydrogens (tertiary/aromatic N) is 3. The molecular formula is C23H32N6O5S. The van der Waals surface area contributed by atoms with Crippen molar-refractivity contribution in [3.63, 3.8) is 0 Å². The second-order valence-electron chi connectivity index (χ2n) is 8.14. The van der Waals surface area contributed by atoms with Crippen molar-refractivity contribution in [1.82, 2.24) is 14.5 Å². The summed E-state index contributed by atoms with van der Waals surface area (Å²) in [5.74, 6) is -0.428. The van der Waals surface area contributed by atoms with Crippen molar-refractivity contribution in [2.24, 2.45) is 16.5 Å². The van der Waals surface area contributed by atoms with Crippen LogP contribution in [0, 0.1) is 0 Å². The standard InChI is InChI=1S/C23H32N6O5S/c1-2-34-23(31)29-14-12-28(13-15-29)21(30)20(8-5-11-26-22(24)25)27-35(32,33)19-10-9-17-6-3-4-7-18(17)16-19/h3-4,6-7,9-10,16,20,27H,2,5,8,11-15H2,1H3,(H4,24,25,26). The van der Waals surface area contributed by atoms with Gasteiger partial charge < -0.3 is 26.0 Å². The number of rotatable bonds is 9. The van der Waals surface area contributed by atoms with Crippen molar-refractivity contribution in [2.75, 3.05) is 39.3 Å². The number of benzene rings is 2. The third kappa shape index (κ3) is 7.06. The molecule has 1 aliphatic rings. The highest BCUT2D eigenvalue weighted by Gasteiger charge is 2.32. The van der Waals surface area contributed by atoms with Crippen LogP contribution in [0.5, 0.6) is 0 Å². The number of aliphatic imine (C=N–C) groups is 1. The van der Waals surface area contributed by atoms with Crippen LogP contribution in [0.4, 0.5) is 4.79 Å². The molecule has 5 N–H and O–H groups in total. The number of fused-ring (bicyclic) bond motifs is 1. The second kappa shape index (κ2) is 11.8. The fourth-order valence-electron chi connectivity index (χ4n) is 3.87. The summed E-state index contributed by atoms with van der Waals surface area (Å²) < 4.78 is 34.0. The molecule has 0 radical (unpaired) electrons. The molecule has 2 aromatic carbocycles. The van der Waals surface area contributed by atoms with Crippen molar-refractivity contribution >= 4 is 38.8 Å². The van der Waals surface area contributed by atoms with E-state index in [1.165, 1.54) is 11.0 Å². The summed E-state index contributed by atoms with van der Waals surface area (Å²) in [7, 11) is -3.99. The Morgan fingerprint density at radius 1 is 1.06 bits per heavy atom. The summed E-state index contributed by atoms with van der Waals surface area (Å²) in [5, 5.41) is 1.69. The minimum Gasteiger partial charge on any atom is -0.450 e. The van der Waals surface area contributed by atoms with E-state index in [0.29, 0.717) is 19.5 Å². The molecule has 190 valence electrons. The first kappa shape index (κ1) is 26.2. The van der Waals surface area contributed by atoms with Gasteiger partial charge in [0.15, 0.2) is 5.96 Å². The number of nitrogens with one attached hydrogen (secondary N) is 1. The van der Waals surface area contributed by atoms with Gasteiger partial charge in [-0.15, -0.1) is 0 Å². The average molecular weight is 505 g/mol. The number of nitrogens with two attached hydrogens (primary N) is 2. The van der Waals surface area contributed by atoms with Crippen LogP contribution in [0.2, 0.25) is 0 Å². The predicted octanol–water partition coefficient (Wildman–Crippen LogP) is 0.841. The molecule has 1 atom stereocenters. The van der Waals surface area contributed by atoms with Crippen molar-refractivity contribution in [2.45, 2.75) is 30.7 Å². The Bertz CT molecular complexity index is 1170. The molecule has 1 fully saturated rings. The molecule has 2 aromatic rings. The van der Waals surface area contributed by atoms with Gasteiger partial charge in [0.1, 0.15) is 6.04 Å². The molecule has 0 spiro atoms. The second-order valence-corrected chi connectivity index (χ2v) is 9.86. The van der Waals surface area contributed by atoms with Gasteiger partial charge >= 0.3 is 6.09 Å². The Kier molecular flexibility index (Phi) is 8.88. The molecule has 35 heavy (non-hydrogen) atoms. The van der Waals surface area contributed by atoms with Crippen LogP contribution in [0.25, 0.3) is 10.8 Å². The molecule has 1 saturated heterocycles. The monoisotopic (exact) mass is 504 g/mol. The topological polar surface area (TPSA) is 160 Å². The Balaban J connectivity index is 1.74. The molecule has 1 heterocycles. The van der Waals surface area contributed by atoms with Crippen LogP contribution in [-0.4, -0.2) is 81.6 Å². The van der Waals surface area contributed by atoms with E-state index in [1.54, 1.807) is 24.0 Å². The fourth-order valence-corrected chi connectivity index (χ4v) is 5.13. The summed E-state index contributed by atoms with van der Waals surface area (Å²) in [6.45, 7) is 3.43. The minimum atomic E-state index is -3.99. The number of hydrogen-bond donors (Lipinski definition) is 3. The lowest BCUT2D eigenvalue weighted by Gasteiger charge is -2.36. The van der Waals surface area contributed by atoms with Crippen LogP contribution in [0.15, 0.2) is 52.4 Å². The average Bonchev–Trinajstić information content (AvgIpc) is 2.85. The maximum absolute atomic E-state index is 13.3. The van der Waals surface area contributed by atoms with Gasteiger partial charge in [0, 0.05) is 32.7 Å². The summed E-state index contributed by atoms with van der Waals surface area (Å²) in [4.78, 5) is 32.4. The zero-order valence-corrected chi connectivity index (χ0v) is 20.5. The van der Waals surface area contributed by atoms with Crippen molar-refractivity contribution in [3.8, 4) is 0 Å².